The molecule has 0 fully saturated rings. The Morgan fingerprint density at radius 2 is 2.05 bits per heavy atom. The molecule has 20 heavy (non-hydrogen) atoms. The lowest BCUT2D eigenvalue weighted by atomic mass is 10.1. The van der Waals surface area contributed by atoms with Gasteiger partial charge in [-0.3, -0.25) is 4.79 Å². The van der Waals surface area contributed by atoms with Crippen LogP contribution in [0.5, 0.6) is 5.75 Å². The average molecular weight is 291 g/mol. The van der Waals surface area contributed by atoms with E-state index in [0.29, 0.717) is 13.0 Å². The van der Waals surface area contributed by atoms with Crippen LogP contribution in [-0.4, -0.2) is 16.1 Å². The summed E-state index contributed by atoms with van der Waals surface area (Å²) in [6.07, 6.45) is 2.40. The number of thiazole rings is 1. The van der Waals surface area contributed by atoms with E-state index in [9.17, 15) is 4.79 Å². The number of aromatic nitrogens is 1. The highest BCUT2D eigenvalue weighted by atomic mass is 32.1. The van der Waals surface area contributed by atoms with Crippen LogP contribution in [0.1, 0.15) is 27.4 Å². The summed E-state index contributed by atoms with van der Waals surface area (Å²) in [7, 11) is 0. The lowest BCUT2D eigenvalue weighted by molar-refractivity contribution is -0.136. The van der Waals surface area contributed by atoms with Crippen LogP contribution in [0, 0.1) is 13.8 Å². The number of carbonyl (C=O) groups is 1. The minimum atomic E-state index is -0.785. The largest absolute Gasteiger partial charge is 0.486 e. The molecule has 1 heterocycles. The third-order valence-electron chi connectivity index (χ3n) is 2.94. The SMILES string of the molecule is Cc1cccc(C)c1OCc1ncc(CCC(=O)O)s1. The molecule has 2 aromatic rings. The zero-order valence-electron chi connectivity index (χ0n) is 11.5. The topological polar surface area (TPSA) is 59.4 Å². The predicted molar refractivity (Wildman–Crippen MR) is 78.3 cm³/mol. The number of hydrogen-bond donors (Lipinski definition) is 1. The number of nitrogens with zero attached hydrogens (tertiary/aromatic N) is 1. The predicted octanol–water partition coefficient (Wildman–Crippen LogP) is 3.36. The normalized spacial score (nSPS) is 10.5. The summed E-state index contributed by atoms with van der Waals surface area (Å²) >= 11 is 1.51. The van der Waals surface area contributed by atoms with E-state index in [1.54, 1.807) is 6.20 Å². The molecule has 1 aromatic carbocycles. The molecule has 0 saturated carbocycles. The molecule has 0 saturated heterocycles. The number of aliphatic carboxylic acids is 1. The van der Waals surface area contributed by atoms with Crippen LogP contribution in [0.15, 0.2) is 24.4 Å². The Hall–Kier alpha value is -1.88. The van der Waals surface area contributed by atoms with Crippen LogP contribution in [0.3, 0.4) is 0 Å². The number of rotatable bonds is 6. The maximum Gasteiger partial charge on any atom is 0.303 e. The first-order valence-corrected chi connectivity index (χ1v) is 7.22. The summed E-state index contributed by atoms with van der Waals surface area (Å²) < 4.78 is 5.82. The standard InChI is InChI=1S/C15H17NO3S/c1-10-4-3-5-11(2)15(10)19-9-13-16-8-12(20-13)6-7-14(17)18/h3-5,8H,6-7,9H2,1-2H3,(H,17,18). The Morgan fingerprint density at radius 1 is 1.35 bits per heavy atom. The van der Waals surface area contributed by atoms with E-state index in [4.69, 9.17) is 9.84 Å². The highest BCUT2D eigenvalue weighted by Crippen LogP contribution is 2.24. The summed E-state index contributed by atoms with van der Waals surface area (Å²) in [6, 6.07) is 6.04. The lowest BCUT2D eigenvalue weighted by Gasteiger charge is -2.10. The van der Waals surface area contributed by atoms with E-state index in [1.165, 1.54) is 11.3 Å². The molecular weight excluding hydrogens is 274 g/mol. The molecule has 0 atom stereocenters. The van der Waals surface area contributed by atoms with Crippen molar-refractivity contribution in [3.05, 3.63) is 45.4 Å². The molecule has 0 aliphatic rings. The molecule has 0 radical (unpaired) electrons. The number of aryl methyl sites for hydroxylation is 3. The zero-order valence-corrected chi connectivity index (χ0v) is 12.4. The molecule has 0 aliphatic carbocycles. The molecule has 1 N–H and O–H groups in total. The van der Waals surface area contributed by atoms with Gasteiger partial charge in [-0.05, 0) is 31.4 Å². The van der Waals surface area contributed by atoms with Crippen molar-refractivity contribution >= 4 is 17.3 Å². The van der Waals surface area contributed by atoms with Crippen molar-refractivity contribution in [2.75, 3.05) is 0 Å². The smallest absolute Gasteiger partial charge is 0.303 e. The number of benzene rings is 1. The van der Waals surface area contributed by atoms with Gasteiger partial charge in [-0.15, -0.1) is 11.3 Å². The van der Waals surface area contributed by atoms with Gasteiger partial charge in [0.1, 0.15) is 17.4 Å². The van der Waals surface area contributed by atoms with Crippen LogP contribution in [-0.2, 0) is 17.8 Å². The van der Waals surface area contributed by atoms with Gasteiger partial charge in [0.2, 0.25) is 0 Å². The van der Waals surface area contributed by atoms with Gasteiger partial charge in [0.15, 0.2) is 0 Å². The average Bonchev–Trinajstić information content (AvgIpc) is 2.84. The first-order chi connectivity index (χ1) is 9.56. The summed E-state index contributed by atoms with van der Waals surface area (Å²) in [6.45, 7) is 4.45. The summed E-state index contributed by atoms with van der Waals surface area (Å²) in [5, 5.41) is 9.52. The second kappa shape index (κ2) is 6.52. The van der Waals surface area contributed by atoms with E-state index in [2.05, 4.69) is 4.98 Å². The molecule has 4 nitrogen and oxygen atoms in total. The minimum absolute atomic E-state index is 0.138. The van der Waals surface area contributed by atoms with E-state index >= 15 is 0 Å². The van der Waals surface area contributed by atoms with E-state index in [1.807, 2.05) is 32.0 Å². The number of ether oxygens (including phenoxy) is 1. The summed E-state index contributed by atoms with van der Waals surface area (Å²) in [5.74, 6) is 0.113. The van der Waals surface area contributed by atoms with Crippen LogP contribution in [0.4, 0.5) is 0 Å². The number of hydrogen-bond acceptors (Lipinski definition) is 4. The van der Waals surface area contributed by atoms with Crippen molar-refractivity contribution in [1.29, 1.82) is 0 Å². The van der Waals surface area contributed by atoms with Gasteiger partial charge in [0, 0.05) is 11.1 Å². The van der Waals surface area contributed by atoms with Crippen molar-refractivity contribution in [2.45, 2.75) is 33.3 Å². The monoisotopic (exact) mass is 291 g/mol. The Bertz CT molecular complexity index is 587. The molecule has 0 unspecified atom stereocenters. The molecule has 1 aromatic heterocycles. The zero-order chi connectivity index (χ0) is 14.5. The fraction of sp³-hybridized carbons (Fsp3) is 0.333. The van der Waals surface area contributed by atoms with Gasteiger partial charge < -0.3 is 9.84 Å². The number of carboxylic acid groups (broad SMARTS) is 1. The minimum Gasteiger partial charge on any atom is -0.486 e. The number of para-hydroxylation sites is 1. The quantitative estimate of drug-likeness (QED) is 0.886. The third-order valence-corrected chi connectivity index (χ3v) is 3.97. The lowest BCUT2D eigenvalue weighted by Crippen LogP contribution is -1.98. The molecule has 2 rings (SSSR count). The van der Waals surface area contributed by atoms with Crippen molar-refractivity contribution in [2.24, 2.45) is 0 Å². The Morgan fingerprint density at radius 3 is 2.70 bits per heavy atom. The molecule has 0 aliphatic heterocycles. The highest BCUT2D eigenvalue weighted by Gasteiger charge is 2.07. The van der Waals surface area contributed by atoms with Crippen molar-refractivity contribution < 1.29 is 14.6 Å². The van der Waals surface area contributed by atoms with Crippen LogP contribution >= 0.6 is 11.3 Å². The van der Waals surface area contributed by atoms with Gasteiger partial charge in [-0.2, -0.15) is 0 Å². The van der Waals surface area contributed by atoms with Gasteiger partial charge in [-0.1, -0.05) is 18.2 Å². The molecule has 0 bridgehead atoms. The van der Waals surface area contributed by atoms with Gasteiger partial charge in [-0.25, -0.2) is 4.98 Å². The summed E-state index contributed by atoms with van der Waals surface area (Å²) in [5.41, 5.74) is 2.21. The van der Waals surface area contributed by atoms with E-state index in [-0.39, 0.29) is 6.42 Å². The highest BCUT2D eigenvalue weighted by molar-refractivity contribution is 7.11. The molecule has 106 valence electrons. The first kappa shape index (κ1) is 14.5. The number of carboxylic acids is 1. The molecule has 5 heteroatoms. The molecular formula is C15H17NO3S. The van der Waals surface area contributed by atoms with Crippen LogP contribution in [0.2, 0.25) is 0 Å². The maximum atomic E-state index is 10.5. The molecule has 0 spiro atoms. The van der Waals surface area contributed by atoms with Crippen molar-refractivity contribution in [3.8, 4) is 5.75 Å². The van der Waals surface area contributed by atoms with Gasteiger partial charge in [0.25, 0.3) is 0 Å². The second-order valence-electron chi connectivity index (χ2n) is 4.62. The Kier molecular flexibility index (Phi) is 4.74. The maximum absolute atomic E-state index is 10.5. The van der Waals surface area contributed by atoms with E-state index < -0.39 is 5.97 Å². The fourth-order valence-corrected chi connectivity index (χ4v) is 2.76. The second-order valence-corrected chi connectivity index (χ2v) is 5.82. The van der Waals surface area contributed by atoms with Crippen LogP contribution in [0.25, 0.3) is 0 Å². The van der Waals surface area contributed by atoms with Crippen molar-refractivity contribution in [1.82, 2.24) is 4.98 Å². The Balaban J connectivity index is 1.96. The van der Waals surface area contributed by atoms with Gasteiger partial charge >= 0.3 is 5.97 Å². The fourth-order valence-electron chi connectivity index (χ4n) is 1.92. The van der Waals surface area contributed by atoms with E-state index in [0.717, 1.165) is 26.8 Å². The summed E-state index contributed by atoms with van der Waals surface area (Å²) in [4.78, 5) is 15.8. The Labute approximate surface area is 122 Å². The first-order valence-electron chi connectivity index (χ1n) is 6.40. The third kappa shape index (κ3) is 3.81. The van der Waals surface area contributed by atoms with Crippen LogP contribution < -0.4 is 4.74 Å². The van der Waals surface area contributed by atoms with Crippen molar-refractivity contribution in [3.63, 3.8) is 0 Å². The molecule has 0 amide bonds. The van der Waals surface area contributed by atoms with Gasteiger partial charge in [0.05, 0.1) is 6.42 Å².